The molecule has 0 amide bonds. The lowest BCUT2D eigenvalue weighted by Gasteiger charge is -1.91. The normalized spacial score (nSPS) is 10.1. The Hall–Kier alpha value is -1.55. The molecule has 6 heteroatoms. The van der Waals surface area contributed by atoms with E-state index in [2.05, 4.69) is 20.2 Å². The summed E-state index contributed by atoms with van der Waals surface area (Å²) < 4.78 is 4.96. The molecule has 0 aliphatic rings. The molecule has 0 aliphatic heterocycles. The van der Waals surface area contributed by atoms with E-state index in [1.807, 2.05) is 13.8 Å². The highest BCUT2D eigenvalue weighted by atomic mass is 16.5. The maximum Gasteiger partial charge on any atom is 0.229 e. The number of hydrogen-bond donors (Lipinski definition) is 0. The molecule has 70 valence electrons. The molecule has 0 unspecified atom stereocenters. The first kappa shape index (κ1) is 9.54. The van der Waals surface area contributed by atoms with Crippen molar-refractivity contribution in [3.05, 3.63) is 22.2 Å². The van der Waals surface area contributed by atoms with E-state index in [1.165, 1.54) is 0 Å². The van der Waals surface area contributed by atoms with Crippen LogP contribution >= 0.6 is 0 Å². The van der Waals surface area contributed by atoms with E-state index in [9.17, 15) is 0 Å². The second kappa shape index (κ2) is 4.47. The average Bonchev–Trinajstić information content (AvgIpc) is 2.53. The molecule has 0 aliphatic carbocycles. The predicted molar refractivity (Wildman–Crippen MR) is 46.1 cm³/mol. The van der Waals surface area contributed by atoms with Crippen LogP contribution in [0.2, 0.25) is 0 Å². The minimum atomic E-state index is 0.237. The number of aromatic nitrogens is 2. The summed E-state index contributed by atoms with van der Waals surface area (Å²) in [6.45, 7) is 4.32. The van der Waals surface area contributed by atoms with Gasteiger partial charge in [-0.25, -0.2) is 0 Å². The highest BCUT2D eigenvalue weighted by Crippen LogP contribution is 2.10. The van der Waals surface area contributed by atoms with Crippen molar-refractivity contribution in [3.63, 3.8) is 0 Å². The van der Waals surface area contributed by atoms with E-state index < -0.39 is 0 Å². The van der Waals surface area contributed by atoms with Gasteiger partial charge in [0.1, 0.15) is 0 Å². The number of azide groups is 1. The fourth-order valence-electron chi connectivity index (χ4n) is 0.798. The topological polar surface area (TPSA) is 87.7 Å². The van der Waals surface area contributed by atoms with E-state index in [1.54, 1.807) is 0 Å². The molecule has 1 heterocycles. The SMILES string of the molecule is CC(C)c1nc(CCN=[N+]=[N-])no1. The first-order valence-electron chi connectivity index (χ1n) is 4.07. The third kappa shape index (κ3) is 2.76. The highest BCUT2D eigenvalue weighted by Gasteiger charge is 2.08. The molecule has 1 rings (SSSR count). The van der Waals surface area contributed by atoms with E-state index in [4.69, 9.17) is 10.1 Å². The van der Waals surface area contributed by atoms with Gasteiger partial charge in [0.2, 0.25) is 5.89 Å². The number of nitrogens with zero attached hydrogens (tertiary/aromatic N) is 5. The van der Waals surface area contributed by atoms with E-state index in [0.717, 1.165) is 0 Å². The maximum atomic E-state index is 8.03. The summed E-state index contributed by atoms with van der Waals surface area (Å²) in [5.41, 5.74) is 8.03. The van der Waals surface area contributed by atoms with Crippen molar-refractivity contribution in [1.29, 1.82) is 0 Å². The lowest BCUT2D eigenvalue weighted by Crippen LogP contribution is -1.92. The molecule has 13 heavy (non-hydrogen) atoms. The van der Waals surface area contributed by atoms with Crippen molar-refractivity contribution in [3.8, 4) is 0 Å². The summed E-state index contributed by atoms with van der Waals surface area (Å²) in [6, 6.07) is 0. The summed E-state index contributed by atoms with van der Waals surface area (Å²) >= 11 is 0. The smallest absolute Gasteiger partial charge is 0.229 e. The average molecular weight is 181 g/mol. The van der Waals surface area contributed by atoms with Gasteiger partial charge in [0.05, 0.1) is 0 Å². The molecular weight excluding hydrogens is 170 g/mol. The fraction of sp³-hybridized carbons (Fsp3) is 0.714. The van der Waals surface area contributed by atoms with E-state index >= 15 is 0 Å². The van der Waals surface area contributed by atoms with Crippen LogP contribution in [0.3, 0.4) is 0 Å². The molecule has 0 saturated heterocycles. The zero-order valence-electron chi connectivity index (χ0n) is 7.64. The van der Waals surface area contributed by atoms with Crippen molar-refractivity contribution < 1.29 is 4.52 Å². The molecule has 6 nitrogen and oxygen atoms in total. The molecule has 0 atom stereocenters. The Balaban J connectivity index is 2.53. The Bertz CT molecular complexity index is 312. The summed E-state index contributed by atoms with van der Waals surface area (Å²) in [4.78, 5) is 6.75. The van der Waals surface area contributed by atoms with Gasteiger partial charge in [0.25, 0.3) is 0 Å². The Kier molecular flexibility index (Phi) is 3.28. The van der Waals surface area contributed by atoms with Crippen LogP contribution in [-0.2, 0) is 6.42 Å². The minimum Gasteiger partial charge on any atom is -0.339 e. The first-order chi connectivity index (χ1) is 6.24. The summed E-state index contributed by atoms with van der Waals surface area (Å²) in [5, 5.41) is 7.12. The zero-order valence-corrected chi connectivity index (χ0v) is 7.64. The Morgan fingerprint density at radius 3 is 2.92 bits per heavy atom. The molecule has 1 aromatic rings. The van der Waals surface area contributed by atoms with Crippen LogP contribution in [0, 0.1) is 0 Å². The Morgan fingerprint density at radius 1 is 1.62 bits per heavy atom. The molecule has 1 aromatic heterocycles. The second-order valence-corrected chi connectivity index (χ2v) is 2.91. The Morgan fingerprint density at radius 2 is 2.38 bits per heavy atom. The van der Waals surface area contributed by atoms with E-state index in [-0.39, 0.29) is 5.92 Å². The highest BCUT2D eigenvalue weighted by molar-refractivity contribution is 4.91. The molecule has 0 fully saturated rings. The number of hydrogen-bond acceptors (Lipinski definition) is 4. The van der Waals surface area contributed by atoms with Crippen molar-refractivity contribution in [2.45, 2.75) is 26.2 Å². The molecule has 0 spiro atoms. The molecular formula is C7H11N5O. The number of rotatable bonds is 4. The second-order valence-electron chi connectivity index (χ2n) is 2.91. The van der Waals surface area contributed by atoms with Crippen LogP contribution in [-0.4, -0.2) is 16.7 Å². The fourth-order valence-corrected chi connectivity index (χ4v) is 0.798. The van der Waals surface area contributed by atoms with Gasteiger partial charge in [-0.15, -0.1) is 0 Å². The zero-order chi connectivity index (χ0) is 9.68. The van der Waals surface area contributed by atoms with Gasteiger partial charge in [-0.05, 0) is 5.53 Å². The predicted octanol–water partition coefficient (Wildman–Crippen LogP) is 2.05. The van der Waals surface area contributed by atoms with Gasteiger partial charge in [0.15, 0.2) is 5.82 Å². The molecule has 0 N–H and O–H groups in total. The monoisotopic (exact) mass is 181 g/mol. The largest absolute Gasteiger partial charge is 0.339 e. The van der Waals surface area contributed by atoms with Crippen molar-refractivity contribution >= 4 is 0 Å². The van der Waals surface area contributed by atoms with Crippen LogP contribution in [0.25, 0.3) is 10.4 Å². The van der Waals surface area contributed by atoms with Gasteiger partial charge in [-0.3, -0.25) is 0 Å². The van der Waals surface area contributed by atoms with Crippen molar-refractivity contribution in [1.82, 2.24) is 10.1 Å². The summed E-state index contributed by atoms with van der Waals surface area (Å²) in [6.07, 6.45) is 0.528. The standard InChI is InChI=1S/C7H11N5O/c1-5(2)7-10-6(11-13-7)3-4-9-12-8/h5H,3-4H2,1-2H3. The van der Waals surface area contributed by atoms with Crippen LogP contribution in [0.5, 0.6) is 0 Å². The van der Waals surface area contributed by atoms with Gasteiger partial charge in [0, 0.05) is 23.8 Å². The molecule has 0 bridgehead atoms. The first-order valence-corrected chi connectivity index (χ1v) is 4.07. The third-order valence-corrected chi connectivity index (χ3v) is 1.48. The lowest BCUT2D eigenvalue weighted by molar-refractivity contribution is 0.361. The lowest BCUT2D eigenvalue weighted by atomic mass is 10.2. The van der Waals surface area contributed by atoms with Crippen LogP contribution in [0.15, 0.2) is 9.64 Å². The van der Waals surface area contributed by atoms with Crippen molar-refractivity contribution in [2.75, 3.05) is 6.54 Å². The van der Waals surface area contributed by atoms with E-state index in [0.29, 0.717) is 24.7 Å². The summed E-state index contributed by atoms with van der Waals surface area (Å²) in [5.74, 6) is 1.45. The quantitative estimate of drug-likeness (QED) is 0.404. The molecule has 0 aromatic carbocycles. The Labute approximate surface area is 75.6 Å². The molecule has 0 saturated carbocycles. The van der Waals surface area contributed by atoms with Gasteiger partial charge in [-0.2, -0.15) is 4.98 Å². The van der Waals surface area contributed by atoms with Crippen LogP contribution in [0.4, 0.5) is 0 Å². The van der Waals surface area contributed by atoms with Gasteiger partial charge >= 0.3 is 0 Å². The van der Waals surface area contributed by atoms with Gasteiger partial charge < -0.3 is 4.52 Å². The van der Waals surface area contributed by atoms with Crippen LogP contribution in [0.1, 0.15) is 31.5 Å². The minimum absolute atomic E-state index is 0.237. The van der Waals surface area contributed by atoms with Gasteiger partial charge in [-0.1, -0.05) is 24.1 Å². The summed E-state index contributed by atoms with van der Waals surface area (Å²) in [7, 11) is 0. The maximum absolute atomic E-state index is 8.03. The molecule has 0 radical (unpaired) electrons. The van der Waals surface area contributed by atoms with Crippen molar-refractivity contribution in [2.24, 2.45) is 5.11 Å². The third-order valence-electron chi connectivity index (χ3n) is 1.48. The van der Waals surface area contributed by atoms with Crippen LogP contribution < -0.4 is 0 Å².